The summed E-state index contributed by atoms with van der Waals surface area (Å²) in [7, 11) is -4.23. The number of hydrogen-bond acceptors (Lipinski definition) is 3. The van der Waals surface area contributed by atoms with Gasteiger partial charge in [0.25, 0.3) is 0 Å². The molecule has 0 radical (unpaired) electrons. The van der Waals surface area contributed by atoms with Crippen molar-refractivity contribution in [3.05, 3.63) is 57.0 Å². The molecule has 20 heavy (non-hydrogen) atoms. The van der Waals surface area contributed by atoms with Crippen molar-refractivity contribution in [1.29, 1.82) is 0 Å². The second-order valence-corrected chi connectivity index (χ2v) is 6.97. The zero-order valence-electron chi connectivity index (χ0n) is 9.61. The first-order valence-corrected chi connectivity index (χ1v) is 8.13. The van der Waals surface area contributed by atoms with Crippen LogP contribution < -0.4 is 4.18 Å². The van der Waals surface area contributed by atoms with E-state index in [4.69, 9.17) is 0 Å². The molecule has 2 aromatic rings. The fourth-order valence-electron chi connectivity index (χ4n) is 1.38. The highest BCUT2D eigenvalue weighted by molar-refractivity contribution is 9.11. The predicted molar refractivity (Wildman–Crippen MR) is 76.0 cm³/mol. The maximum Gasteiger partial charge on any atom is 0.340 e. The van der Waals surface area contributed by atoms with Gasteiger partial charge in [-0.3, -0.25) is 0 Å². The minimum absolute atomic E-state index is 0.163. The van der Waals surface area contributed by atoms with Crippen LogP contribution in [0.1, 0.15) is 0 Å². The molecule has 0 unspecified atom stereocenters. The van der Waals surface area contributed by atoms with Gasteiger partial charge in [0.05, 0.1) is 0 Å². The minimum atomic E-state index is -4.23. The van der Waals surface area contributed by atoms with E-state index in [1.54, 1.807) is 0 Å². The molecule has 0 N–H and O–H groups in total. The lowest BCUT2D eigenvalue weighted by atomic mass is 10.3. The van der Waals surface area contributed by atoms with Crippen molar-refractivity contribution in [2.24, 2.45) is 0 Å². The van der Waals surface area contributed by atoms with Crippen molar-refractivity contribution >= 4 is 42.0 Å². The highest BCUT2D eigenvalue weighted by Crippen LogP contribution is 2.29. The monoisotopic (exact) mass is 426 g/mol. The number of halogens is 4. The molecule has 106 valence electrons. The van der Waals surface area contributed by atoms with E-state index in [2.05, 4.69) is 36.0 Å². The molecule has 0 spiro atoms. The maximum atomic E-state index is 13.4. The number of hydrogen-bond donors (Lipinski definition) is 0. The Morgan fingerprint density at radius 3 is 2.30 bits per heavy atom. The Labute approximate surface area is 131 Å². The Bertz CT molecular complexity index is 763. The molecule has 2 rings (SSSR count). The predicted octanol–water partition coefficient (Wildman–Crippen LogP) is 4.26. The van der Waals surface area contributed by atoms with E-state index in [1.165, 1.54) is 18.2 Å². The molecule has 3 nitrogen and oxygen atoms in total. The highest BCUT2D eigenvalue weighted by atomic mass is 79.9. The molecule has 0 bridgehead atoms. The summed E-state index contributed by atoms with van der Waals surface area (Å²) >= 11 is 6.27. The van der Waals surface area contributed by atoms with Gasteiger partial charge in [0.2, 0.25) is 0 Å². The summed E-state index contributed by atoms with van der Waals surface area (Å²) in [4.78, 5) is -0.163. The lowest BCUT2D eigenvalue weighted by molar-refractivity contribution is 0.457. The van der Waals surface area contributed by atoms with Gasteiger partial charge in [-0.15, -0.1) is 0 Å². The van der Waals surface area contributed by atoms with Crippen LogP contribution in [0.2, 0.25) is 0 Å². The molecular formula is C12H6Br2F2O3S. The highest BCUT2D eigenvalue weighted by Gasteiger charge is 2.22. The van der Waals surface area contributed by atoms with Gasteiger partial charge >= 0.3 is 10.1 Å². The zero-order valence-corrected chi connectivity index (χ0v) is 13.6. The number of rotatable bonds is 3. The van der Waals surface area contributed by atoms with Crippen LogP contribution >= 0.6 is 31.9 Å². The van der Waals surface area contributed by atoms with Gasteiger partial charge in [-0.05, 0) is 46.3 Å². The Hall–Kier alpha value is -0.990. The minimum Gasteiger partial charge on any atom is -0.376 e. The first kappa shape index (κ1) is 15.4. The van der Waals surface area contributed by atoms with E-state index in [0.29, 0.717) is 10.5 Å². The maximum absolute atomic E-state index is 13.4. The molecule has 0 saturated carbocycles. The molecule has 0 aromatic heterocycles. The fraction of sp³-hybridized carbons (Fsp3) is 0. The lowest BCUT2D eigenvalue weighted by Crippen LogP contribution is -2.11. The van der Waals surface area contributed by atoms with E-state index < -0.39 is 27.5 Å². The third-order valence-corrected chi connectivity index (χ3v) is 4.96. The van der Waals surface area contributed by atoms with E-state index in [-0.39, 0.29) is 9.37 Å². The van der Waals surface area contributed by atoms with Crippen molar-refractivity contribution in [3.8, 4) is 5.75 Å². The second kappa shape index (κ2) is 5.79. The third kappa shape index (κ3) is 3.36. The van der Waals surface area contributed by atoms with Crippen molar-refractivity contribution in [2.45, 2.75) is 4.90 Å². The molecule has 0 saturated heterocycles. The van der Waals surface area contributed by atoms with Gasteiger partial charge < -0.3 is 4.18 Å². The van der Waals surface area contributed by atoms with Crippen LogP contribution in [0.3, 0.4) is 0 Å². The summed E-state index contributed by atoms with van der Waals surface area (Å²) in [5.41, 5.74) is 0. The van der Waals surface area contributed by atoms with E-state index >= 15 is 0 Å². The first-order chi connectivity index (χ1) is 9.29. The van der Waals surface area contributed by atoms with Gasteiger partial charge in [-0.1, -0.05) is 15.9 Å². The van der Waals surface area contributed by atoms with Gasteiger partial charge in [-0.2, -0.15) is 8.42 Å². The topological polar surface area (TPSA) is 43.4 Å². The zero-order chi connectivity index (χ0) is 14.9. The summed E-state index contributed by atoms with van der Waals surface area (Å²) in [5, 5.41) is 0. The largest absolute Gasteiger partial charge is 0.376 e. The number of benzene rings is 2. The van der Waals surface area contributed by atoms with Gasteiger partial charge in [0, 0.05) is 15.0 Å². The molecule has 8 heteroatoms. The van der Waals surface area contributed by atoms with E-state index in [0.717, 1.165) is 12.1 Å². The van der Waals surface area contributed by atoms with Crippen LogP contribution in [-0.2, 0) is 10.1 Å². The molecule has 2 aromatic carbocycles. The first-order valence-electron chi connectivity index (χ1n) is 5.14. The molecule has 0 atom stereocenters. The van der Waals surface area contributed by atoms with E-state index in [1.807, 2.05) is 0 Å². The van der Waals surface area contributed by atoms with Gasteiger partial charge in [0.1, 0.15) is 10.7 Å². The summed E-state index contributed by atoms with van der Waals surface area (Å²) < 4.78 is 55.9. The second-order valence-electron chi connectivity index (χ2n) is 3.69. The SMILES string of the molecule is O=S(=O)(Oc1ccc(F)cc1F)c1ccc(Br)cc1Br. The Kier molecular flexibility index (Phi) is 4.46. The van der Waals surface area contributed by atoms with Gasteiger partial charge in [0.15, 0.2) is 11.6 Å². The lowest BCUT2D eigenvalue weighted by Gasteiger charge is -2.09. The Morgan fingerprint density at radius 2 is 1.70 bits per heavy atom. The smallest absolute Gasteiger partial charge is 0.340 e. The standard InChI is InChI=1S/C12H6Br2F2O3S/c13-7-1-4-12(9(14)5-7)20(17,18)19-11-3-2-8(15)6-10(11)16/h1-6H. The summed E-state index contributed by atoms with van der Waals surface area (Å²) in [6.07, 6.45) is 0. The van der Waals surface area contributed by atoms with Crippen molar-refractivity contribution in [2.75, 3.05) is 0 Å². The van der Waals surface area contributed by atoms with Crippen molar-refractivity contribution in [1.82, 2.24) is 0 Å². The van der Waals surface area contributed by atoms with Crippen LogP contribution in [0.5, 0.6) is 5.75 Å². The summed E-state index contributed by atoms with van der Waals surface area (Å²) in [6, 6.07) is 6.67. The Morgan fingerprint density at radius 1 is 1.00 bits per heavy atom. The van der Waals surface area contributed by atoms with Crippen molar-refractivity contribution < 1.29 is 21.4 Å². The van der Waals surface area contributed by atoms with E-state index in [9.17, 15) is 17.2 Å². The quantitative estimate of drug-likeness (QED) is 0.687. The molecule has 0 fully saturated rings. The molecule has 0 aliphatic carbocycles. The molecular weight excluding hydrogens is 422 g/mol. The average Bonchev–Trinajstić information content (AvgIpc) is 2.32. The molecule has 0 heterocycles. The third-order valence-electron chi connectivity index (χ3n) is 2.26. The van der Waals surface area contributed by atoms with Crippen LogP contribution in [-0.4, -0.2) is 8.42 Å². The normalized spacial score (nSPS) is 11.4. The van der Waals surface area contributed by atoms with Gasteiger partial charge in [-0.25, -0.2) is 8.78 Å². The van der Waals surface area contributed by atoms with Crippen LogP contribution in [0, 0.1) is 11.6 Å². The molecule has 0 aliphatic heterocycles. The molecule has 0 aliphatic rings. The van der Waals surface area contributed by atoms with Crippen molar-refractivity contribution in [3.63, 3.8) is 0 Å². The van der Waals surface area contributed by atoms with Crippen LogP contribution in [0.4, 0.5) is 8.78 Å². The average molecular weight is 428 g/mol. The summed E-state index contributed by atoms with van der Waals surface area (Å²) in [5.74, 6) is -2.49. The van der Waals surface area contributed by atoms with Crippen LogP contribution in [0.15, 0.2) is 50.2 Å². The summed E-state index contributed by atoms with van der Waals surface area (Å²) in [6.45, 7) is 0. The van der Waals surface area contributed by atoms with Crippen LogP contribution in [0.25, 0.3) is 0 Å². The fourth-order valence-corrected chi connectivity index (χ4v) is 4.02. The molecule has 0 amide bonds. The Balaban J connectivity index is 2.41.